The molecule has 2 aromatic carbocycles. The highest BCUT2D eigenvalue weighted by Gasteiger charge is 2.20. The third-order valence-corrected chi connectivity index (χ3v) is 3.88. The maximum Gasteiger partial charge on any atom is 0.349 e. The highest BCUT2D eigenvalue weighted by Crippen LogP contribution is 2.30. The largest absolute Gasteiger partial charge is 0.474 e. The van der Waals surface area contributed by atoms with Crippen molar-refractivity contribution >= 4 is 28.8 Å². The molecule has 3 rings (SSSR count). The highest BCUT2D eigenvalue weighted by atomic mass is 16.6. The highest BCUT2D eigenvalue weighted by molar-refractivity contribution is 5.86. The molecular formula is C18H14N4O7. The number of hydrogen-bond donors (Lipinski definition) is 1. The number of para-hydroxylation sites is 2. The Kier molecular flexibility index (Phi) is 5.49. The van der Waals surface area contributed by atoms with Crippen LogP contribution in [-0.4, -0.2) is 40.5 Å². The summed E-state index contributed by atoms with van der Waals surface area (Å²) in [5.41, 5.74) is -1.43. The summed E-state index contributed by atoms with van der Waals surface area (Å²) in [6.45, 7) is -0.571. The van der Waals surface area contributed by atoms with Crippen molar-refractivity contribution in [3.63, 3.8) is 0 Å². The van der Waals surface area contributed by atoms with Gasteiger partial charge >= 0.3 is 17.3 Å². The van der Waals surface area contributed by atoms with E-state index in [1.807, 2.05) is 0 Å². The van der Waals surface area contributed by atoms with Gasteiger partial charge in [-0.1, -0.05) is 18.2 Å². The second-order valence-electron chi connectivity index (χ2n) is 5.65. The number of carbonyl (C=O) groups is 1. The van der Waals surface area contributed by atoms with E-state index in [0.717, 1.165) is 13.3 Å². The number of hydrogen-bond acceptors (Lipinski definition) is 8. The first-order valence-corrected chi connectivity index (χ1v) is 8.18. The molecule has 11 nitrogen and oxygen atoms in total. The molecule has 0 aliphatic rings. The molecule has 3 aromatic rings. The van der Waals surface area contributed by atoms with E-state index in [4.69, 9.17) is 4.74 Å². The first-order chi connectivity index (χ1) is 13.9. The van der Waals surface area contributed by atoms with Crippen molar-refractivity contribution in [3.8, 4) is 5.75 Å². The van der Waals surface area contributed by atoms with Gasteiger partial charge in [-0.3, -0.25) is 14.9 Å². The van der Waals surface area contributed by atoms with Crippen molar-refractivity contribution in [2.75, 3.05) is 13.7 Å². The molecule has 0 saturated carbocycles. The molecule has 0 aliphatic heterocycles. The number of nitro benzene ring substituents is 1. The molecule has 0 aliphatic carbocycles. The predicted octanol–water partition coefficient (Wildman–Crippen LogP) is 1.03. The number of methoxy groups -OCH3 is 1. The van der Waals surface area contributed by atoms with E-state index in [1.165, 1.54) is 24.3 Å². The summed E-state index contributed by atoms with van der Waals surface area (Å²) in [5.74, 6) is -0.995. The molecule has 148 valence electrons. The minimum atomic E-state index is -0.785. The van der Waals surface area contributed by atoms with E-state index < -0.39 is 34.4 Å². The number of fused-ring (bicyclic) bond motifs is 1. The van der Waals surface area contributed by atoms with Crippen LogP contribution < -0.4 is 16.0 Å². The Hall–Kier alpha value is -4.28. The number of rotatable bonds is 6. The smallest absolute Gasteiger partial charge is 0.349 e. The Morgan fingerprint density at radius 1 is 1.24 bits per heavy atom. The Morgan fingerprint density at radius 2 is 2.00 bits per heavy atom. The van der Waals surface area contributed by atoms with Gasteiger partial charge in [0, 0.05) is 11.6 Å². The summed E-state index contributed by atoms with van der Waals surface area (Å²) in [4.78, 5) is 49.1. The molecule has 29 heavy (non-hydrogen) atoms. The lowest BCUT2D eigenvalue weighted by Crippen LogP contribution is -2.32. The monoisotopic (exact) mass is 398 g/mol. The van der Waals surface area contributed by atoms with E-state index in [0.29, 0.717) is 10.2 Å². The van der Waals surface area contributed by atoms with E-state index >= 15 is 0 Å². The number of aromatic amines is 1. The van der Waals surface area contributed by atoms with E-state index in [9.17, 15) is 24.5 Å². The van der Waals surface area contributed by atoms with Gasteiger partial charge in [-0.05, 0) is 18.2 Å². The lowest BCUT2D eigenvalue weighted by atomic mass is 10.2. The van der Waals surface area contributed by atoms with Crippen molar-refractivity contribution in [1.82, 2.24) is 9.66 Å². The van der Waals surface area contributed by atoms with Crippen LogP contribution in [0.25, 0.3) is 10.9 Å². The van der Waals surface area contributed by atoms with Crippen LogP contribution in [0.4, 0.5) is 5.69 Å². The van der Waals surface area contributed by atoms with Crippen LogP contribution in [0, 0.1) is 10.1 Å². The number of nitrogens with one attached hydrogen (secondary N) is 1. The van der Waals surface area contributed by atoms with Crippen LogP contribution in [0.15, 0.2) is 57.2 Å². The van der Waals surface area contributed by atoms with E-state index in [-0.39, 0.29) is 16.7 Å². The maximum absolute atomic E-state index is 12.5. The Balaban J connectivity index is 2.07. The molecule has 0 atom stereocenters. The fraction of sp³-hybridized carbons (Fsp3) is 0.111. The maximum atomic E-state index is 12.5. The predicted molar refractivity (Wildman–Crippen MR) is 102 cm³/mol. The van der Waals surface area contributed by atoms with E-state index in [2.05, 4.69) is 14.8 Å². The third-order valence-electron chi connectivity index (χ3n) is 3.88. The van der Waals surface area contributed by atoms with Crippen LogP contribution in [0.5, 0.6) is 5.75 Å². The van der Waals surface area contributed by atoms with Crippen LogP contribution in [0.2, 0.25) is 0 Å². The number of ether oxygens (including phenoxy) is 2. The number of nitrogens with zero attached hydrogens (tertiary/aromatic N) is 3. The first-order valence-electron chi connectivity index (χ1n) is 8.18. The third kappa shape index (κ3) is 4.03. The van der Waals surface area contributed by atoms with Crippen molar-refractivity contribution in [2.24, 2.45) is 5.10 Å². The fourth-order valence-electron chi connectivity index (χ4n) is 2.51. The Bertz CT molecular complexity index is 1240. The van der Waals surface area contributed by atoms with Gasteiger partial charge in [-0.25, -0.2) is 9.59 Å². The second kappa shape index (κ2) is 8.17. The normalized spacial score (nSPS) is 10.9. The number of H-pyrrole nitrogens is 1. The molecular weight excluding hydrogens is 384 g/mol. The summed E-state index contributed by atoms with van der Waals surface area (Å²) in [6, 6.07) is 10.4. The Morgan fingerprint density at radius 3 is 2.72 bits per heavy atom. The first kappa shape index (κ1) is 19.5. The van der Waals surface area contributed by atoms with Gasteiger partial charge in [0.25, 0.3) is 5.56 Å². The van der Waals surface area contributed by atoms with Crippen molar-refractivity contribution in [3.05, 3.63) is 79.0 Å². The minimum absolute atomic E-state index is 0.0857. The molecule has 0 saturated heterocycles. The SMILES string of the molecule is COC(=O)COc1c(C=Nn2c(=O)[nH]c3ccccc3c2=O)cccc1[N+](=O)[O-]. The summed E-state index contributed by atoms with van der Waals surface area (Å²) >= 11 is 0. The van der Waals surface area contributed by atoms with Gasteiger partial charge in [-0.2, -0.15) is 5.10 Å². The lowest BCUT2D eigenvalue weighted by Gasteiger charge is -2.08. The van der Waals surface area contributed by atoms with Crippen LogP contribution in [-0.2, 0) is 9.53 Å². The van der Waals surface area contributed by atoms with Gasteiger partial charge < -0.3 is 14.5 Å². The van der Waals surface area contributed by atoms with Crippen molar-refractivity contribution in [2.45, 2.75) is 0 Å². The summed E-state index contributed by atoms with van der Waals surface area (Å²) in [6.07, 6.45) is 1.06. The van der Waals surface area contributed by atoms with Crippen molar-refractivity contribution in [1.29, 1.82) is 0 Å². The van der Waals surface area contributed by atoms with E-state index in [1.54, 1.807) is 18.2 Å². The zero-order valence-electron chi connectivity index (χ0n) is 15.0. The lowest BCUT2D eigenvalue weighted by molar-refractivity contribution is -0.385. The molecule has 0 radical (unpaired) electrons. The molecule has 0 bridgehead atoms. The number of benzene rings is 2. The molecule has 0 unspecified atom stereocenters. The average Bonchev–Trinajstić information content (AvgIpc) is 2.71. The molecule has 0 fully saturated rings. The molecule has 11 heteroatoms. The number of nitro groups is 1. The van der Waals surface area contributed by atoms with Crippen LogP contribution >= 0.6 is 0 Å². The van der Waals surface area contributed by atoms with Gasteiger partial charge in [0.2, 0.25) is 5.75 Å². The topological polar surface area (TPSA) is 146 Å². The fourth-order valence-corrected chi connectivity index (χ4v) is 2.51. The summed E-state index contributed by atoms with van der Waals surface area (Å²) in [7, 11) is 1.14. The zero-order chi connectivity index (χ0) is 21.0. The average molecular weight is 398 g/mol. The van der Waals surface area contributed by atoms with Crippen LogP contribution in [0.1, 0.15) is 5.56 Å². The number of aromatic nitrogens is 2. The molecule has 1 aromatic heterocycles. The van der Waals surface area contributed by atoms with Gasteiger partial charge in [0.1, 0.15) is 0 Å². The summed E-state index contributed by atoms with van der Waals surface area (Å²) < 4.78 is 10.3. The van der Waals surface area contributed by atoms with Gasteiger partial charge in [-0.15, -0.1) is 4.68 Å². The van der Waals surface area contributed by atoms with Gasteiger partial charge in [0.05, 0.1) is 29.2 Å². The Labute approximate surface area is 162 Å². The molecule has 0 amide bonds. The summed E-state index contributed by atoms with van der Waals surface area (Å²) in [5, 5.41) is 15.4. The van der Waals surface area contributed by atoms with Crippen molar-refractivity contribution < 1.29 is 19.2 Å². The molecule has 1 heterocycles. The molecule has 1 N–H and O–H groups in total. The number of esters is 1. The number of carbonyl (C=O) groups excluding carboxylic acids is 1. The van der Waals surface area contributed by atoms with Gasteiger partial charge in [0.15, 0.2) is 6.61 Å². The zero-order valence-corrected chi connectivity index (χ0v) is 15.0. The standard InChI is InChI=1S/C18H14N4O7/c1-28-15(23)10-29-16-11(5-4-8-14(16)22(26)27)9-19-21-17(24)12-6-2-3-7-13(12)20-18(21)25/h2-9H,10H2,1H3,(H,20,25). The quantitative estimate of drug-likeness (QED) is 0.282. The van der Waals surface area contributed by atoms with Crippen LogP contribution in [0.3, 0.4) is 0 Å². The minimum Gasteiger partial charge on any atom is -0.474 e. The molecule has 0 spiro atoms. The second-order valence-corrected chi connectivity index (χ2v) is 5.65.